The Labute approximate surface area is 139 Å². The van der Waals surface area contributed by atoms with Gasteiger partial charge < -0.3 is 15.3 Å². The Morgan fingerprint density at radius 3 is 2.17 bits per heavy atom. The zero-order valence-electron chi connectivity index (χ0n) is 14.2. The number of aliphatic hydroxyl groups excluding tert-OH is 2. The predicted molar refractivity (Wildman–Crippen MR) is 90.3 cm³/mol. The maximum atomic E-state index is 11.8. The monoisotopic (exact) mass is 328 g/mol. The van der Waals surface area contributed by atoms with Crippen molar-refractivity contribution in [2.45, 2.75) is 89.8 Å². The molecule has 0 saturated carbocycles. The second-order valence-electron chi connectivity index (χ2n) is 5.99. The van der Waals surface area contributed by atoms with Crippen LogP contribution in [0.4, 0.5) is 0 Å². The quantitative estimate of drug-likeness (QED) is 0.317. The van der Waals surface area contributed by atoms with Crippen LogP contribution in [0.2, 0.25) is 0 Å². The first-order chi connectivity index (χ1) is 11.0. The van der Waals surface area contributed by atoms with Crippen molar-refractivity contribution < 1.29 is 24.9 Å². The molecule has 23 heavy (non-hydrogen) atoms. The molecule has 0 amide bonds. The molecule has 0 aliphatic heterocycles. The fourth-order valence-corrected chi connectivity index (χ4v) is 2.29. The predicted octanol–water partition coefficient (Wildman–Crippen LogP) is 3.23. The summed E-state index contributed by atoms with van der Waals surface area (Å²) in [5.41, 5.74) is 0. The summed E-state index contributed by atoms with van der Waals surface area (Å²) in [6, 6.07) is 0. The topological polar surface area (TPSA) is 94.8 Å². The molecule has 0 aromatic heterocycles. The molecule has 2 atom stereocenters. The van der Waals surface area contributed by atoms with E-state index in [0.29, 0.717) is 12.8 Å². The Bertz CT molecular complexity index is 351. The number of carbonyl (C=O) groups excluding carboxylic acids is 1. The maximum Gasteiger partial charge on any atom is 0.303 e. The van der Waals surface area contributed by atoms with Gasteiger partial charge in [-0.05, 0) is 32.1 Å². The number of hydrogen-bond donors (Lipinski definition) is 3. The summed E-state index contributed by atoms with van der Waals surface area (Å²) in [5, 5.41) is 28.1. The van der Waals surface area contributed by atoms with Gasteiger partial charge in [0, 0.05) is 12.8 Å². The Kier molecular flexibility index (Phi) is 13.6. The molecule has 0 aromatic rings. The van der Waals surface area contributed by atoms with E-state index in [-0.39, 0.29) is 25.0 Å². The lowest BCUT2D eigenvalue weighted by Gasteiger charge is -2.15. The van der Waals surface area contributed by atoms with Gasteiger partial charge in [-0.1, -0.05) is 44.8 Å². The lowest BCUT2D eigenvalue weighted by atomic mass is 10.0. The van der Waals surface area contributed by atoms with E-state index in [1.54, 1.807) is 0 Å². The van der Waals surface area contributed by atoms with Crippen LogP contribution in [-0.2, 0) is 9.59 Å². The lowest BCUT2D eigenvalue weighted by molar-refractivity contribution is -0.137. The number of carbonyl (C=O) groups is 2. The molecule has 5 heteroatoms. The Balaban J connectivity index is 3.75. The second-order valence-corrected chi connectivity index (χ2v) is 5.99. The number of Topliss-reactive ketones (excluding diaryl/α,β-unsaturated/α-hetero) is 1. The number of hydrogen-bond acceptors (Lipinski definition) is 4. The third-order valence-electron chi connectivity index (χ3n) is 3.78. The van der Waals surface area contributed by atoms with Crippen LogP contribution in [0.5, 0.6) is 0 Å². The largest absolute Gasteiger partial charge is 0.481 e. The summed E-state index contributed by atoms with van der Waals surface area (Å²) >= 11 is 0. The van der Waals surface area contributed by atoms with Gasteiger partial charge in [0.15, 0.2) is 5.78 Å². The molecule has 0 rings (SSSR count). The minimum absolute atomic E-state index is 0.153. The summed E-state index contributed by atoms with van der Waals surface area (Å²) in [7, 11) is 0. The number of aliphatic carboxylic acids is 1. The fraction of sp³-hybridized carbons (Fsp3) is 0.778. The molecule has 0 spiro atoms. The van der Waals surface area contributed by atoms with Crippen LogP contribution in [0.25, 0.3) is 0 Å². The summed E-state index contributed by atoms with van der Waals surface area (Å²) in [5.74, 6) is -1.14. The molecular weight excluding hydrogens is 296 g/mol. The highest BCUT2D eigenvalue weighted by atomic mass is 16.4. The summed E-state index contributed by atoms with van der Waals surface area (Å²) in [6.07, 6.45) is 9.29. The van der Waals surface area contributed by atoms with Gasteiger partial charge in [0.2, 0.25) is 0 Å². The van der Waals surface area contributed by atoms with Crippen LogP contribution in [0, 0.1) is 0 Å². The van der Waals surface area contributed by atoms with Crippen molar-refractivity contribution in [1.82, 2.24) is 0 Å². The summed E-state index contributed by atoms with van der Waals surface area (Å²) in [6.45, 7) is 2.14. The highest BCUT2D eigenvalue weighted by molar-refractivity contribution is 5.83. The summed E-state index contributed by atoms with van der Waals surface area (Å²) in [4.78, 5) is 22.1. The number of rotatable bonds is 15. The van der Waals surface area contributed by atoms with Gasteiger partial charge >= 0.3 is 5.97 Å². The van der Waals surface area contributed by atoms with E-state index in [1.165, 1.54) is 12.8 Å². The first-order valence-corrected chi connectivity index (χ1v) is 8.74. The molecule has 0 saturated heterocycles. The minimum atomic E-state index is -1.32. The SMILES string of the molecule is CCCCC/C=C/C[C@H](O)[C@@H](O)C(=O)CCCCCCC(=O)O. The van der Waals surface area contributed by atoms with E-state index in [4.69, 9.17) is 5.11 Å². The molecule has 134 valence electrons. The Hall–Kier alpha value is -1.20. The minimum Gasteiger partial charge on any atom is -0.481 e. The van der Waals surface area contributed by atoms with E-state index >= 15 is 0 Å². The van der Waals surface area contributed by atoms with Crippen LogP contribution < -0.4 is 0 Å². The standard InChI is InChI=1S/C18H32O5/c1-2-3-4-5-6-9-12-15(19)18(23)16(20)13-10-7-8-11-14-17(21)22/h6,9,15,18-19,23H,2-5,7-8,10-14H2,1H3,(H,21,22)/b9-6+/t15-,18+/m0/s1. The number of carboxylic acids is 1. The van der Waals surface area contributed by atoms with E-state index in [0.717, 1.165) is 25.7 Å². The lowest BCUT2D eigenvalue weighted by Crippen LogP contribution is -2.33. The molecule has 3 N–H and O–H groups in total. The number of carboxylic acid groups (broad SMARTS) is 1. The molecule has 0 bridgehead atoms. The van der Waals surface area contributed by atoms with E-state index in [9.17, 15) is 19.8 Å². The second kappa shape index (κ2) is 14.4. The molecule has 0 radical (unpaired) electrons. The van der Waals surface area contributed by atoms with Gasteiger partial charge in [0.05, 0.1) is 6.10 Å². The van der Waals surface area contributed by atoms with Crippen molar-refractivity contribution in [1.29, 1.82) is 0 Å². The molecular formula is C18H32O5. The van der Waals surface area contributed by atoms with E-state index < -0.39 is 18.2 Å². The number of allylic oxidation sites excluding steroid dienone is 1. The van der Waals surface area contributed by atoms with Crippen LogP contribution in [0.3, 0.4) is 0 Å². The number of ketones is 1. The van der Waals surface area contributed by atoms with E-state index in [1.807, 2.05) is 12.2 Å². The zero-order valence-corrected chi connectivity index (χ0v) is 14.2. The fourth-order valence-electron chi connectivity index (χ4n) is 2.29. The average Bonchev–Trinajstić information content (AvgIpc) is 2.52. The van der Waals surface area contributed by atoms with Gasteiger partial charge in [-0.2, -0.15) is 0 Å². The maximum absolute atomic E-state index is 11.8. The smallest absolute Gasteiger partial charge is 0.303 e. The van der Waals surface area contributed by atoms with Gasteiger partial charge in [-0.15, -0.1) is 0 Å². The average molecular weight is 328 g/mol. The molecule has 0 fully saturated rings. The third kappa shape index (κ3) is 13.0. The van der Waals surface area contributed by atoms with Crippen molar-refractivity contribution in [3.8, 4) is 0 Å². The van der Waals surface area contributed by atoms with Crippen molar-refractivity contribution in [2.75, 3.05) is 0 Å². The van der Waals surface area contributed by atoms with Crippen molar-refractivity contribution >= 4 is 11.8 Å². The Morgan fingerprint density at radius 2 is 1.57 bits per heavy atom. The molecule has 0 aromatic carbocycles. The van der Waals surface area contributed by atoms with Crippen molar-refractivity contribution in [3.05, 3.63) is 12.2 Å². The van der Waals surface area contributed by atoms with E-state index in [2.05, 4.69) is 6.92 Å². The normalized spacial score (nSPS) is 14.0. The molecule has 0 aliphatic carbocycles. The first kappa shape index (κ1) is 21.8. The van der Waals surface area contributed by atoms with Crippen LogP contribution in [-0.4, -0.2) is 39.3 Å². The molecule has 5 nitrogen and oxygen atoms in total. The molecule has 0 heterocycles. The van der Waals surface area contributed by atoms with Gasteiger partial charge in [0.1, 0.15) is 6.10 Å². The Morgan fingerprint density at radius 1 is 0.913 bits per heavy atom. The van der Waals surface area contributed by atoms with Crippen LogP contribution in [0.15, 0.2) is 12.2 Å². The number of aliphatic hydroxyl groups is 2. The van der Waals surface area contributed by atoms with Crippen LogP contribution in [0.1, 0.15) is 77.6 Å². The van der Waals surface area contributed by atoms with Crippen LogP contribution >= 0.6 is 0 Å². The zero-order chi connectivity index (χ0) is 17.5. The summed E-state index contributed by atoms with van der Waals surface area (Å²) < 4.78 is 0. The molecule has 0 aliphatic rings. The number of unbranched alkanes of at least 4 members (excludes halogenated alkanes) is 6. The van der Waals surface area contributed by atoms with Gasteiger partial charge in [-0.3, -0.25) is 9.59 Å². The van der Waals surface area contributed by atoms with Gasteiger partial charge in [0.25, 0.3) is 0 Å². The van der Waals surface area contributed by atoms with Crippen molar-refractivity contribution in [3.63, 3.8) is 0 Å². The highest BCUT2D eigenvalue weighted by Gasteiger charge is 2.22. The third-order valence-corrected chi connectivity index (χ3v) is 3.78. The van der Waals surface area contributed by atoms with Gasteiger partial charge in [-0.25, -0.2) is 0 Å². The highest BCUT2D eigenvalue weighted by Crippen LogP contribution is 2.10. The first-order valence-electron chi connectivity index (χ1n) is 8.74. The van der Waals surface area contributed by atoms with Crippen molar-refractivity contribution in [2.24, 2.45) is 0 Å². The molecule has 0 unspecified atom stereocenters.